The molecular weight excluding hydrogens is 314 g/mol. The van der Waals surface area contributed by atoms with Crippen molar-refractivity contribution in [3.05, 3.63) is 72.3 Å². The highest BCUT2D eigenvalue weighted by Crippen LogP contribution is 2.21. The smallest absolute Gasteiger partial charge is 0.261 e. The van der Waals surface area contributed by atoms with Gasteiger partial charge in [-0.2, -0.15) is 0 Å². The number of methoxy groups -OCH3 is 1. The van der Waals surface area contributed by atoms with Crippen LogP contribution in [-0.4, -0.2) is 19.1 Å². The second-order valence-corrected chi connectivity index (χ2v) is 5.80. The number of hydrogen-bond donors (Lipinski definition) is 1. The number of benzene rings is 3. The van der Waals surface area contributed by atoms with E-state index in [1.165, 1.54) is 0 Å². The lowest BCUT2D eigenvalue weighted by atomic mass is 10.1. The number of carbonyl (C=O) groups excluding carboxylic acids is 1. The zero-order chi connectivity index (χ0) is 17.6. The van der Waals surface area contributed by atoms with Gasteiger partial charge in [-0.1, -0.05) is 48.5 Å². The van der Waals surface area contributed by atoms with Crippen LogP contribution in [0.1, 0.15) is 12.5 Å². The Labute approximate surface area is 147 Å². The lowest BCUT2D eigenvalue weighted by Gasteiger charge is -2.16. The van der Waals surface area contributed by atoms with E-state index in [1.807, 2.05) is 66.7 Å². The first-order valence-electron chi connectivity index (χ1n) is 8.22. The Bertz CT molecular complexity index is 876. The molecule has 0 heterocycles. The average molecular weight is 335 g/mol. The molecule has 0 unspecified atom stereocenters. The van der Waals surface area contributed by atoms with Crippen LogP contribution in [-0.2, 0) is 11.3 Å². The van der Waals surface area contributed by atoms with Gasteiger partial charge in [0.15, 0.2) is 6.10 Å². The summed E-state index contributed by atoms with van der Waals surface area (Å²) in [6.07, 6.45) is -0.587. The van der Waals surface area contributed by atoms with Gasteiger partial charge in [-0.25, -0.2) is 0 Å². The Morgan fingerprint density at radius 1 is 1.00 bits per heavy atom. The van der Waals surface area contributed by atoms with Crippen LogP contribution in [0, 0.1) is 0 Å². The summed E-state index contributed by atoms with van der Waals surface area (Å²) in [6.45, 7) is 2.14. The highest BCUT2D eigenvalue weighted by molar-refractivity contribution is 5.84. The molecule has 3 aromatic rings. The van der Waals surface area contributed by atoms with E-state index in [1.54, 1.807) is 14.0 Å². The maximum atomic E-state index is 12.3. The Hall–Kier alpha value is -3.01. The summed E-state index contributed by atoms with van der Waals surface area (Å²) in [4.78, 5) is 12.3. The second-order valence-electron chi connectivity index (χ2n) is 5.80. The summed E-state index contributed by atoms with van der Waals surface area (Å²) in [5.41, 5.74) is 0.927. The number of amides is 1. The predicted octanol–water partition coefficient (Wildman–Crippen LogP) is 3.93. The van der Waals surface area contributed by atoms with E-state index < -0.39 is 6.10 Å². The predicted molar refractivity (Wildman–Crippen MR) is 98.9 cm³/mol. The third kappa shape index (κ3) is 4.10. The summed E-state index contributed by atoms with van der Waals surface area (Å²) >= 11 is 0. The van der Waals surface area contributed by atoms with Crippen LogP contribution < -0.4 is 14.8 Å². The molecule has 3 rings (SSSR count). The van der Waals surface area contributed by atoms with Gasteiger partial charge in [-0.15, -0.1) is 0 Å². The van der Waals surface area contributed by atoms with Gasteiger partial charge >= 0.3 is 0 Å². The van der Waals surface area contributed by atoms with Gasteiger partial charge in [-0.05, 0) is 35.9 Å². The van der Waals surface area contributed by atoms with Crippen LogP contribution in [0.3, 0.4) is 0 Å². The highest BCUT2D eigenvalue weighted by atomic mass is 16.5. The molecule has 0 spiro atoms. The van der Waals surface area contributed by atoms with Crippen molar-refractivity contribution < 1.29 is 14.3 Å². The summed E-state index contributed by atoms with van der Waals surface area (Å²) in [5.74, 6) is 1.27. The third-order valence-corrected chi connectivity index (χ3v) is 4.05. The SMILES string of the molecule is COc1ccccc1CNC(=O)[C@@H](C)Oc1ccc2ccccc2c1. The molecule has 0 saturated carbocycles. The molecule has 4 nitrogen and oxygen atoms in total. The monoisotopic (exact) mass is 335 g/mol. The van der Waals surface area contributed by atoms with Crippen molar-refractivity contribution in [3.8, 4) is 11.5 Å². The maximum absolute atomic E-state index is 12.3. The van der Waals surface area contributed by atoms with Crippen LogP contribution in [0.25, 0.3) is 10.8 Å². The van der Waals surface area contributed by atoms with E-state index in [2.05, 4.69) is 5.32 Å². The quantitative estimate of drug-likeness (QED) is 0.742. The number of nitrogens with one attached hydrogen (secondary N) is 1. The van der Waals surface area contributed by atoms with Crippen molar-refractivity contribution in [2.24, 2.45) is 0 Å². The zero-order valence-corrected chi connectivity index (χ0v) is 14.4. The van der Waals surface area contributed by atoms with Crippen LogP contribution in [0.4, 0.5) is 0 Å². The molecule has 1 N–H and O–H groups in total. The number of fused-ring (bicyclic) bond motifs is 1. The van der Waals surface area contributed by atoms with Gasteiger partial charge in [0.2, 0.25) is 0 Å². The minimum atomic E-state index is -0.587. The molecule has 0 aliphatic heterocycles. The van der Waals surface area contributed by atoms with E-state index in [-0.39, 0.29) is 5.91 Å². The van der Waals surface area contributed by atoms with Crippen molar-refractivity contribution in [2.75, 3.05) is 7.11 Å². The minimum Gasteiger partial charge on any atom is -0.496 e. The Morgan fingerprint density at radius 2 is 1.72 bits per heavy atom. The van der Waals surface area contributed by atoms with Crippen molar-refractivity contribution in [1.29, 1.82) is 0 Å². The van der Waals surface area contributed by atoms with Crippen LogP contribution in [0.5, 0.6) is 11.5 Å². The highest BCUT2D eigenvalue weighted by Gasteiger charge is 2.15. The van der Waals surface area contributed by atoms with Crippen molar-refractivity contribution >= 4 is 16.7 Å². The largest absolute Gasteiger partial charge is 0.496 e. The van der Waals surface area contributed by atoms with Gasteiger partial charge in [0, 0.05) is 12.1 Å². The normalized spacial score (nSPS) is 11.8. The summed E-state index contributed by atoms with van der Waals surface area (Å²) < 4.78 is 11.1. The Balaban J connectivity index is 1.61. The second kappa shape index (κ2) is 7.71. The molecule has 1 amide bonds. The lowest BCUT2D eigenvalue weighted by molar-refractivity contribution is -0.127. The van der Waals surface area contributed by atoms with E-state index in [4.69, 9.17) is 9.47 Å². The Morgan fingerprint density at radius 3 is 2.52 bits per heavy atom. The van der Waals surface area contributed by atoms with Crippen LogP contribution in [0.2, 0.25) is 0 Å². The molecule has 0 bridgehead atoms. The molecule has 3 aromatic carbocycles. The van der Waals surface area contributed by atoms with Gasteiger partial charge in [-0.3, -0.25) is 4.79 Å². The van der Waals surface area contributed by atoms with Gasteiger partial charge in [0.1, 0.15) is 11.5 Å². The summed E-state index contributed by atoms with van der Waals surface area (Å²) in [7, 11) is 1.62. The van der Waals surface area contributed by atoms with E-state index in [0.29, 0.717) is 12.3 Å². The van der Waals surface area contributed by atoms with Crippen molar-refractivity contribution in [3.63, 3.8) is 0 Å². The molecule has 0 radical (unpaired) electrons. The average Bonchev–Trinajstić information content (AvgIpc) is 2.66. The molecule has 128 valence electrons. The van der Waals surface area contributed by atoms with Gasteiger partial charge < -0.3 is 14.8 Å². The summed E-state index contributed by atoms with van der Waals surface area (Å²) in [5, 5.41) is 5.11. The van der Waals surface area contributed by atoms with Crippen LogP contribution in [0.15, 0.2) is 66.7 Å². The number of carbonyl (C=O) groups is 1. The van der Waals surface area contributed by atoms with Gasteiger partial charge in [0.05, 0.1) is 7.11 Å². The van der Waals surface area contributed by atoms with E-state index in [0.717, 1.165) is 22.1 Å². The molecule has 4 heteroatoms. The zero-order valence-electron chi connectivity index (χ0n) is 14.4. The number of para-hydroxylation sites is 1. The van der Waals surface area contributed by atoms with E-state index >= 15 is 0 Å². The lowest BCUT2D eigenvalue weighted by Crippen LogP contribution is -2.35. The third-order valence-electron chi connectivity index (χ3n) is 4.05. The minimum absolute atomic E-state index is 0.168. The molecule has 1 atom stereocenters. The van der Waals surface area contributed by atoms with Crippen LogP contribution >= 0.6 is 0 Å². The Kier molecular flexibility index (Phi) is 5.19. The first kappa shape index (κ1) is 16.8. The molecule has 0 fully saturated rings. The van der Waals surface area contributed by atoms with Crippen molar-refractivity contribution in [1.82, 2.24) is 5.32 Å². The number of rotatable bonds is 6. The molecule has 0 saturated heterocycles. The molecule has 0 aliphatic rings. The maximum Gasteiger partial charge on any atom is 0.261 e. The first-order chi connectivity index (χ1) is 12.2. The number of hydrogen-bond acceptors (Lipinski definition) is 3. The van der Waals surface area contributed by atoms with E-state index in [9.17, 15) is 4.79 Å². The molecule has 0 aliphatic carbocycles. The molecular formula is C21H21NO3. The topological polar surface area (TPSA) is 47.6 Å². The fourth-order valence-corrected chi connectivity index (χ4v) is 2.67. The molecule has 25 heavy (non-hydrogen) atoms. The summed E-state index contributed by atoms with van der Waals surface area (Å²) in [6, 6.07) is 21.5. The molecule has 0 aromatic heterocycles. The fourth-order valence-electron chi connectivity index (χ4n) is 2.67. The van der Waals surface area contributed by atoms with Crippen molar-refractivity contribution in [2.45, 2.75) is 19.6 Å². The number of ether oxygens (including phenoxy) is 2. The first-order valence-corrected chi connectivity index (χ1v) is 8.22. The standard InChI is InChI=1S/C21H21NO3/c1-15(21(23)22-14-18-9-5-6-10-20(18)24-2)25-19-12-11-16-7-3-4-8-17(16)13-19/h3-13,15H,14H2,1-2H3,(H,22,23)/t15-/m1/s1. The fraction of sp³-hybridized carbons (Fsp3) is 0.190. The van der Waals surface area contributed by atoms with Gasteiger partial charge in [0.25, 0.3) is 5.91 Å².